The summed E-state index contributed by atoms with van der Waals surface area (Å²) in [6.45, 7) is 3.06. The van der Waals surface area contributed by atoms with E-state index < -0.39 is 0 Å². The topological polar surface area (TPSA) is 24.9 Å². The van der Waals surface area contributed by atoms with Gasteiger partial charge in [0.1, 0.15) is 0 Å². The number of fused-ring (bicyclic) bond motifs is 1. The molecule has 100 valence electrons. The molecule has 2 heterocycles. The van der Waals surface area contributed by atoms with Crippen LogP contribution in [0.1, 0.15) is 40.5 Å². The monoisotopic (exact) mass is 384 g/mol. The number of nitrogens with one attached hydrogen (secondary N) is 1. The number of thiophene rings is 1. The highest BCUT2D eigenvalue weighted by Crippen LogP contribution is 2.36. The Labute approximate surface area is 131 Å². The van der Waals surface area contributed by atoms with Gasteiger partial charge in [0.25, 0.3) is 0 Å². The number of rotatable bonds is 3. The molecule has 1 atom stereocenters. The summed E-state index contributed by atoms with van der Waals surface area (Å²) in [7, 11) is 0. The molecular weight excluding hydrogens is 367 g/mol. The number of hydrogen-bond acceptors (Lipinski definition) is 3. The Morgan fingerprint density at radius 3 is 3.26 bits per heavy atom. The first-order valence-corrected chi connectivity index (χ1v) is 8.54. The molecule has 2 aromatic rings. The normalized spacial score (nSPS) is 18.3. The predicted molar refractivity (Wildman–Crippen MR) is 88.5 cm³/mol. The average Bonchev–Trinajstić information content (AvgIpc) is 2.78. The zero-order chi connectivity index (χ0) is 13.2. The largest absolute Gasteiger partial charge is 0.306 e. The van der Waals surface area contributed by atoms with Gasteiger partial charge in [-0.25, -0.2) is 0 Å². The van der Waals surface area contributed by atoms with Gasteiger partial charge >= 0.3 is 0 Å². The summed E-state index contributed by atoms with van der Waals surface area (Å²) in [6, 6.07) is 4.95. The van der Waals surface area contributed by atoms with E-state index in [2.05, 4.69) is 51.9 Å². The van der Waals surface area contributed by atoms with Crippen LogP contribution < -0.4 is 5.32 Å². The van der Waals surface area contributed by atoms with Crippen molar-refractivity contribution in [3.05, 3.63) is 49.0 Å². The van der Waals surface area contributed by atoms with Crippen molar-refractivity contribution in [1.82, 2.24) is 10.3 Å². The van der Waals surface area contributed by atoms with Crippen molar-refractivity contribution >= 4 is 33.9 Å². The maximum Gasteiger partial charge on any atom is 0.0659 e. The number of aryl methyl sites for hydroxylation is 2. The Morgan fingerprint density at radius 1 is 1.53 bits per heavy atom. The van der Waals surface area contributed by atoms with Crippen LogP contribution in [0.25, 0.3) is 0 Å². The van der Waals surface area contributed by atoms with E-state index >= 15 is 0 Å². The molecule has 1 aliphatic rings. The van der Waals surface area contributed by atoms with Crippen LogP contribution in [-0.2, 0) is 13.0 Å². The summed E-state index contributed by atoms with van der Waals surface area (Å²) >= 11 is 4.39. The zero-order valence-electron chi connectivity index (χ0n) is 10.9. The third-order valence-corrected chi connectivity index (χ3v) is 5.74. The van der Waals surface area contributed by atoms with Crippen molar-refractivity contribution in [3.8, 4) is 0 Å². The first-order chi connectivity index (χ1) is 9.24. The summed E-state index contributed by atoms with van der Waals surface area (Å²) in [5.74, 6) is 0. The molecule has 4 heteroatoms. The Kier molecular flexibility index (Phi) is 4.19. The highest BCUT2D eigenvalue weighted by molar-refractivity contribution is 14.1. The van der Waals surface area contributed by atoms with Gasteiger partial charge in [0.05, 0.1) is 2.88 Å². The van der Waals surface area contributed by atoms with Gasteiger partial charge in [-0.2, -0.15) is 0 Å². The minimum Gasteiger partial charge on any atom is -0.306 e. The second kappa shape index (κ2) is 5.89. The highest BCUT2D eigenvalue weighted by atomic mass is 127. The van der Waals surface area contributed by atoms with Gasteiger partial charge in [0.15, 0.2) is 0 Å². The van der Waals surface area contributed by atoms with Crippen LogP contribution in [0.2, 0.25) is 0 Å². The highest BCUT2D eigenvalue weighted by Gasteiger charge is 2.22. The summed E-state index contributed by atoms with van der Waals surface area (Å²) in [4.78, 5) is 5.80. The van der Waals surface area contributed by atoms with Gasteiger partial charge in [0.2, 0.25) is 0 Å². The number of pyridine rings is 1. The molecular formula is C15H17IN2S. The Balaban J connectivity index is 1.73. The second-order valence-corrected chi connectivity index (χ2v) is 8.09. The van der Waals surface area contributed by atoms with Crippen molar-refractivity contribution in [3.63, 3.8) is 0 Å². The van der Waals surface area contributed by atoms with Crippen molar-refractivity contribution < 1.29 is 0 Å². The predicted octanol–water partition coefficient (Wildman–Crippen LogP) is 4.22. The molecule has 0 aromatic carbocycles. The third-order valence-electron chi connectivity index (χ3n) is 3.77. The fourth-order valence-corrected chi connectivity index (χ4v) is 4.77. The Hall–Kier alpha value is -0.460. The van der Waals surface area contributed by atoms with Crippen LogP contribution in [0, 0.1) is 9.81 Å². The van der Waals surface area contributed by atoms with Gasteiger partial charge in [0, 0.05) is 29.9 Å². The van der Waals surface area contributed by atoms with E-state index in [1.807, 2.05) is 23.7 Å². The molecule has 3 rings (SSSR count). The van der Waals surface area contributed by atoms with E-state index in [4.69, 9.17) is 0 Å². The molecule has 0 bridgehead atoms. The first kappa shape index (κ1) is 13.5. The lowest BCUT2D eigenvalue weighted by atomic mass is 9.94. The van der Waals surface area contributed by atoms with Crippen LogP contribution >= 0.6 is 33.9 Å². The third kappa shape index (κ3) is 3.01. The van der Waals surface area contributed by atoms with E-state index in [-0.39, 0.29) is 0 Å². The summed E-state index contributed by atoms with van der Waals surface area (Å²) in [5.41, 5.74) is 4.15. The smallest absolute Gasteiger partial charge is 0.0659 e. The molecule has 1 N–H and O–H groups in total. The zero-order valence-corrected chi connectivity index (χ0v) is 13.9. The minimum atomic E-state index is 0.517. The Bertz CT molecular complexity index is 579. The fourth-order valence-electron chi connectivity index (χ4n) is 2.65. The van der Waals surface area contributed by atoms with Crippen molar-refractivity contribution in [2.75, 3.05) is 0 Å². The van der Waals surface area contributed by atoms with Crippen LogP contribution in [-0.4, -0.2) is 4.98 Å². The molecule has 19 heavy (non-hydrogen) atoms. The lowest BCUT2D eigenvalue weighted by Gasteiger charge is -2.24. The molecule has 2 nitrogen and oxygen atoms in total. The first-order valence-electron chi connectivity index (χ1n) is 6.65. The lowest BCUT2D eigenvalue weighted by Crippen LogP contribution is -2.24. The second-order valence-electron chi connectivity index (χ2n) is 5.06. The van der Waals surface area contributed by atoms with Gasteiger partial charge in [-0.1, -0.05) is 0 Å². The molecule has 0 aliphatic heterocycles. The number of nitrogens with zero attached hydrogens (tertiary/aromatic N) is 1. The van der Waals surface area contributed by atoms with Gasteiger partial charge < -0.3 is 5.32 Å². The standard InChI is InChI=1S/C15H17IN2S/c1-10-5-6-17-8-11(10)9-18-13-3-2-4-14-12(13)7-15(16)19-14/h5-8,13,18H,2-4,9H2,1H3. The molecule has 1 aliphatic carbocycles. The van der Waals surface area contributed by atoms with Crippen molar-refractivity contribution in [2.45, 2.75) is 38.8 Å². The Morgan fingerprint density at radius 2 is 2.42 bits per heavy atom. The van der Waals surface area contributed by atoms with E-state index in [9.17, 15) is 0 Å². The maximum atomic E-state index is 4.22. The van der Waals surface area contributed by atoms with Crippen molar-refractivity contribution in [1.29, 1.82) is 0 Å². The lowest BCUT2D eigenvalue weighted by molar-refractivity contribution is 0.462. The number of halogens is 1. The molecule has 0 saturated heterocycles. The summed E-state index contributed by atoms with van der Waals surface area (Å²) in [5, 5.41) is 3.71. The fraction of sp³-hybridized carbons (Fsp3) is 0.400. The van der Waals surface area contributed by atoms with Gasteiger partial charge in [-0.15, -0.1) is 11.3 Å². The molecule has 2 aromatic heterocycles. The molecule has 0 radical (unpaired) electrons. The molecule has 0 saturated carbocycles. The molecule has 0 fully saturated rings. The number of hydrogen-bond donors (Lipinski definition) is 1. The van der Waals surface area contributed by atoms with Crippen LogP contribution in [0.5, 0.6) is 0 Å². The van der Waals surface area contributed by atoms with Crippen LogP contribution in [0.15, 0.2) is 24.5 Å². The maximum absolute atomic E-state index is 4.22. The number of aromatic nitrogens is 1. The minimum absolute atomic E-state index is 0.517. The van der Waals surface area contributed by atoms with Crippen LogP contribution in [0.4, 0.5) is 0 Å². The van der Waals surface area contributed by atoms with Gasteiger partial charge in [-0.05, 0) is 77.6 Å². The van der Waals surface area contributed by atoms with E-state index in [1.165, 1.54) is 38.8 Å². The summed E-state index contributed by atoms with van der Waals surface area (Å²) < 4.78 is 1.41. The van der Waals surface area contributed by atoms with Crippen molar-refractivity contribution in [2.24, 2.45) is 0 Å². The SMILES string of the molecule is Cc1ccncc1CNC1CCCc2sc(I)cc21. The molecule has 0 spiro atoms. The quantitative estimate of drug-likeness (QED) is 0.802. The molecule has 1 unspecified atom stereocenters. The van der Waals surface area contributed by atoms with E-state index in [0.29, 0.717) is 6.04 Å². The van der Waals surface area contributed by atoms with Crippen LogP contribution in [0.3, 0.4) is 0 Å². The van der Waals surface area contributed by atoms with E-state index in [1.54, 1.807) is 4.88 Å². The summed E-state index contributed by atoms with van der Waals surface area (Å²) in [6.07, 6.45) is 7.64. The average molecular weight is 384 g/mol. The van der Waals surface area contributed by atoms with E-state index in [0.717, 1.165) is 6.54 Å². The molecule has 0 amide bonds. The van der Waals surface area contributed by atoms with Gasteiger partial charge in [-0.3, -0.25) is 4.98 Å².